The molecular weight excluding hydrogens is 632 g/mol. The maximum atomic E-state index is 14.0. The normalized spacial score (nSPS) is 20.3. The molecule has 0 aromatic carbocycles. The second-order valence-corrected chi connectivity index (χ2v) is 11.9. The Bertz CT molecular complexity index is 1440. The van der Waals surface area contributed by atoms with Crippen LogP contribution in [0.2, 0.25) is 0 Å². The fourth-order valence-electron chi connectivity index (χ4n) is 5.46. The highest BCUT2D eigenvalue weighted by atomic mass is 32.1. The molecule has 2 atom stereocenters. The van der Waals surface area contributed by atoms with Gasteiger partial charge in [0.25, 0.3) is 0 Å². The highest BCUT2D eigenvalue weighted by Crippen LogP contribution is 2.50. The van der Waals surface area contributed by atoms with Crippen molar-refractivity contribution in [1.29, 1.82) is 0 Å². The third-order valence-corrected chi connectivity index (χ3v) is 8.36. The second-order valence-electron chi connectivity index (χ2n) is 10.6. The van der Waals surface area contributed by atoms with E-state index < -0.39 is 24.3 Å². The number of nitrogens with zero attached hydrogens (tertiary/aromatic N) is 5. The molecular formula is C28H31F6N5O5S. The van der Waals surface area contributed by atoms with Gasteiger partial charge in [-0.15, -0.1) is 11.3 Å². The summed E-state index contributed by atoms with van der Waals surface area (Å²) in [4.78, 5) is 43.2. The minimum absolute atomic E-state index is 0.161. The van der Waals surface area contributed by atoms with Crippen molar-refractivity contribution < 1.29 is 50.9 Å². The lowest BCUT2D eigenvalue weighted by atomic mass is 9.70. The van der Waals surface area contributed by atoms with Crippen LogP contribution in [-0.2, 0) is 34.5 Å². The molecule has 1 spiro atoms. The Labute approximate surface area is 257 Å². The molecule has 3 aromatic rings. The molecule has 17 heteroatoms. The molecule has 246 valence electrons. The molecule has 2 fully saturated rings. The fraction of sp³-hybridized carbons (Fsp3) is 0.464. The summed E-state index contributed by atoms with van der Waals surface area (Å²) in [5, 5.41) is 18.7. The van der Waals surface area contributed by atoms with Crippen molar-refractivity contribution >= 4 is 29.2 Å². The van der Waals surface area contributed by atoms with Gasteiger partial charge in [-0.05, 0) is 55.7 Å². The number of piperidine rings is 1. The maximum Gasteiger partial charge on any atom is 0.490 e. The number of likely N-dealkylation sites (tertiary alicyclic amines) is 2. The average molecular weight is 664 g/mol. The molecule has 1 amide bonds. The van der Waals surface area contributed by atoms with Crippen LogP contribution >= 0.6 is 11.3 Å². The molecule has 3 aromatic heterocycles. The smallest absolute Gasteiger partial charge is 0.475 e. The van der Waals surface area contributed by atoms with Crippen molar-refractivity contribution in [2.75, 3.05) is 19.6 Å². The van der Waals surface area contributed by atoms with E-state index in [1.165, 1.54) is 15.4 Å². The molecule has 2 saturated heterocycles. The third-order valence-electron chi connectivity index (χ3n) is 7.38. The molecule has 0 saturated carbocycles. The predicted molar refractivity (Wildman–Crippen MR) is 149 cm³/mol. The Kier molecular flexibility index (Phi) is 11.4. The zero-order valence-corrected chi connectivity index (χ0v) is 25.0. The number of aromatic nitrogens is 3. The number of carboxylic acids is 2. The summed E-state index contributed by atoms with van der Waals surface area (Å²) in [5.74, 6) is -5.06. The van der Waals surface area contributed by atoms with Crippen LogP contribution in [-0.4, -0.2) is 84.6 Å². The van der Waals surface area contributed by atoms with Crippen LogP contribution in [0.3, 0.4) is 0 Å². The third kappa shape index (κ3) is 9.26. The monoisotopic (exact) mass is 663 g/mol. The summed E-state index contributed by atoms with van der Waals surface area (Å²) < 4.78 is 65.4. The number of alkyl halides is 6. The van der Waals surface area contributed by atoms with Crippen molar-refractivity contribution in [3.63, 3.8) is 0 Å². The number of hydrogen-bond acceptors (Lipinski definition) is 7. The van der Waals surface area contributed by atoms with Crippen molar-refractivity contribution in [2.45, 2.75) is 51.1 Å². The first kappa shape index (κ1) is 35.5. The molecule has 0 radical (unpaired) electrons. The summed E-state index contributed by atoms with van der Waals surface area (Å²) in [6, 6.07) is 10.5. The Morgan fingerprint density at radius 3 is 2.07 bits per heavy atom. The van der Waals surface area contributed by atoms with Crippen LogP contribution in [0.25, 0.3) is 0 Å². The molecule has 0 bridgehead atoms. The van der Waals surface area contributed by atoms with E-state index >= 15 is 0 Å². The lowest BCUT2D eigenvalue weighted by Gasteiger charge is -2.42. The maximum absolute atomic E-state index is 14.0. The van der Waals surface area contributed by atoms with Crippen molar-refractivity contribution in [1.82, 2.24) is 24.6 Å². The van der Waals surface area contributed by atoms with Crippen LogP contribution in [0.5, 0.6) is 0 Å². The van der Waals surface area contributed by atoms with Gasteiger partial charge in [0.15, 0.2) is 0 Å². The van der Waals surface area contributed by atoms with Crippen LogP contribution in [0, 0.1) is 12.3 Å². The highest BCUT2D eigenvalue weighted by Gasteiger charge is 2.55. The van der Waals surface area contributed by atoms with Gasteiger partial charge in [-0.3, -0.25) is 19.4 Å². The number of carbonyl (C=O) groups is 3. The highest BCUT2D eigenvalue weighted by molar-refractivity contribution is 7.11. The van der Waals surface area contributed by atoms with Gasteiger partial charge in [0.05, 0.1) is 5.41 Å². The SMILES string of the molecule is Cc1ccc(CN2C[C@@H](c3ccnn3C)[C@@]3(CCCN(Cc4ccncc4)C3=O)C2)s1.O=C(O)C(F)(F)F.O=C(O)C(F)(F)F. The molecule has 0 aliphatic carbocycles. The zero-order chi connectivity index (χ0) is 33.6. The average Bonchev–Trinajstić information content (AvgIpc) is 3.66. The molecule has 2 aliphatic rings. The van der Waals surface area contributed by atoms with Gasteiger partial charge in [0, 0.05) is 79.7 Å². The number of hydrogen-bond donors (Lipinski definition) is 2. The molecule has 10 nitrogen and oxygen atoms in total. The summed E-state index contributed by atoms with van der Waals surface area (Å²) >= 11 is 1.85. The van der Waals surface area contributed by atoms with E-state index in [1.807, 2.05) is 41.4 Å². The van der Waals surface area contributed by atoms with E-state index in [1.54, 1.807) is 12.4 Å². The van der Waals surface area contributed by atoms with Crippen molar-refractivity contribution in [3.05, 3.63) is 69.9 Å². The summed E-state index contributed by atoms with van der Waals surface area (Å²) in [5.41, 5.74) is 1.93. The summed E-state index contributed by atoms with van der Waals surface area (Å²) in [6.07, 6.45) is -2.72. The topological polar surface area (TPSA) is 129 Å². The van der Waals surface area contributed by atoms with E-state index in [0.717, 1.165) is 44.6 Å². The first-order chi connectivity index (χ1) is 20.9. The number of carboxylic acid groups (broad SMARTS) is 2. The van der Waals surface area contributed by atoms with Gasteiger partial charge < -0.3 is 15.1 Å². The Hall–Kier alpha value is -3.99. The Morgan fingerprint density at radius 1 is 0.978 bits per heavy atom. The summed E-state index contributed by atoms with van der Waals surface area (Å²) in [7, 11) is 2.00. The lowest BCUT2D eigenvalue weighted by Crippen LogP contribution is -2.52. The first-order valence-corrected chi connectivity index (χ1v) is 14.3. The number of carbonyl (C=O) groups excluding carboxylic acids is 1. The van der Waals surface area contributed by atoms with Gasteiger partial charge >= 0.3 is 24.3 Å². The Balaban J connectivity index is 0.000000331. The van der Waals surface area contributed by atoms with Crippen LogP contribution in [0.4, 0.5) is 26.3 Å². The number of halogens is 6. The molecule has 2 aliphatic heterocycles. The van der Waals surface area contributed by atoms with E-state index in [-0.39, 0.29) is 11.3 Å². The van der Waals surface area contributed by atoms with Gasteiger partial charge in [-0.25, -0.2) is 9.59 Å². The van der Waals surface area contributed by atoms with Crippen LogP contribution < -0.4 is 0 Å². The summed E-state index contributed by atoms with van der Waals surface area (Å²) in [6.45, 7) is 6.25. The van der Waals surface area contributed by atoms with Gasteiger partial charge in [-0.1, -0.05) is 0 Å². The zero-order valence-electron chi connectivity index (χ0n) is 24.2. The van der Waals surface area contributed by atoms with E-state index in [9.17, 15) is 31.1 Å². The quantitative estimate of drug-likeness (QED) is 0.371. The Morgan fingerprint density at radius 2 is 1.58 bits per heavy atom. The first-order valence-electron chi connectivity index (χ1n) is 13.5. The number of thiophene rings is 1. The molecule has 5 heterocycles. The molecule has 0 unspecified atom stereocenters. The van der Waals surface area contributed by atoms with Crippen molar-refractivity contribution in [2.24, 2.45) is 12.5 Å². The lowest BCUT2D eigenvalue weighted by molar-refractivity contribution is -0.193. The minimum Gasteiger partial charge on any atom is -0.475 e. The van der Waals surface area contributed by atoms with Crippen LogP contribution in [0.15, 0.2) is 48.9 Å². The van der Waals surface area contributed by atoms with Gasteiger partial charge in [-0.2, -0.15) is 31.4 Å². The number of aliphatic carboxylic acids is 2. The predicted octanol–water partition coefficient (Wildman–Crippen LogP) is 4.86. The minimum atomic E-state index is -5.08. The van der Waals surface area contributed by atoms with Gasteiger partial charge in [0.1, 0.15) is 0 Å². The van der Waals surface area contributed by atoms with E-state index in [4.69, 9.17) is 19.8 Å². The second kappa shape index (κ2) is 14.4. The van der Waals surface area contributed by atoms with Crippen LogP contribution in [0.1, 0.15) is 39.8 Å². The van der Waals surface area contributed by atoms with Crippen molar-refractivity contribution in [3.8, 4) is 0 Å². The number of amides is 1. The molecule has 45 heavy (non-hydrogen) atoms. The largest absolute Gasteiger partial charge is 0.490 e. The van der Waals surface area contributed by atoms with E-state index in [0.29, 0.717) is 12.5 Å². The molecule has 5 rings (SSSR count). The number of rotatable bonds is 5. The molecule has 2 N–H and O–H groups in total. The fourth-order valence-corrected chi connectivity index (χ4v) is 6.39. The number of aryl methyl sites for hydroxylation is 2. The van der Waals surface area contributed by atoms with E-state index in [2.05, 4.69) is 45.0 Å². The number of pyridine rings is 1. The standard InChI is InChI=1S/C24H29N5OS.2C2HF3O2/c1-18-4-5-20(31-18)15-28-16-21(22-8-12-26-27(22)2)24(17-28)9-3-13-29(23(24)30)14-19-6-10-25-11-7-19;2*3-2(4,5)1(6)7/h4-8,10-12,21H,3,9,13-17H2,1-2H3;2*(H,6,7)/t21-,24+;;/m0../s1. The van der Waals surface area contributed by atoms with Gasteiger partial charge in [0.2, 0.25) is 5.91 Å².